The Hall–Kier alpha value is -3.95. The lowest BCUT2D eigenvalue weighted by atomic mass is 9.68. The van der Waals surface area contributed by atoms with Crippen molar-refractivity contribution >= 4 is 45.7 Å². The van der Waals surface area contributed by atoms with E-state index in [0.717, 1.165) is 11.3 Å². The van der Waals surface area contributed by atoms with E-state index in [2.05, 4.69) is 54.4 Å². The van der Waals surface area contributed by atoms with E-state index < -0.39 is 5.92 Å². The highest BCUT2D eigenvalue weighted by molar-refractivity contribution is 8.01. The van der Waals surface area contributed by atoms with E-state index in [4.69, 9.17) is 10.3 Å². The largest absolute Gasteiger partial charge is 0.384 e. The molecule has 3 aromatic rings. The Morgan fingerprint density at radius 3 is 2.66 bits per heavy atom. The minimum Gasteiger partial charge on any atom is -0.384 e. The molecule has 0 bridgehead atoms. The summed E-state index contributed by atoms with van der Waals surface area (Å²) in [5.41, 5.74) is 10.1. The highest BCUT2D eigenvalue weighted by atomic mass is 32.2. The fraction of sp³-hybridized carbons (Fsp3) is 0.379. The molecule has 1 aliphatic carbocycles. The molecular weight excluding hydrogens is 558 g/mol. The maximum atomic E-state index is 13.7. The number of hydrogen-bond donors (Lipinski definition) is 2. The zero-order valence-electron chi connectivity index (χ0n) is 23.5. The van der Waals surface area contributed by atoms with Gasteiger partial charge in [0.2, 0.25) is 11.0 Å². The number of benzene rings is 1. The fourth-order valence-electron chi connectivity index (χ4n) is 5.22. The molecule has 1 amide bonds. The zero-order valence-corrected chi connectivity index (χ0v) is 25.2. The van der Waals surface area contributed by atoms with Gasteiger partial charge in [-0.05, 0) is 35.8 Å². The highest BCUT2D eigenvalue weighted by Gasteiger charge is 2.45. The topological polar surface area (TPSA) is 151 Å². The lowest BCUT2D eigenvalue weighted by Crippen LogP contribution is -2.42. The number of nitriles is 1. The number of carbonyl (C=O) groups is 2. The Morgan fingerprint density at radius 1 is 1.29 bits per heavy atom. The molecule has 41 heavy (non-hydrogen) atoms. The van der Waals surface area contributed by atoms with Gasteiger partial charge in [0, 0.05) is 23.8 Å². The van der Waals surface area contributed by atoms with Crippen LogP contribution < -0.4 is 16.0 Å². The Morgan fingerprint density at radius 2 is 2.02 bits per heavy atom. The molecule has 212 valence electrons. The van der Waals surface area contributed by atoms with Crippen molar-refractivity contribution in [3.05, 3.63) is 69.9 Å². The maximum absolute atomic E-state index is 13.7. The van der Waals surface area contributed by atoms with E-state index in [9.17, 15) is 14.9 Å². The van der Waals surface area contributed by atoms with Crippen LogP contribution in [0.15, 0.2) is 61.9 Å². The van der Waals surface area contributed by atoms with Crippen LogP contribution in [0.1, 0.15) is 69.3 Å². The molecule has 10 nitrogen and oxygen atoms in total. The van der Waals surface area contributed by atoms with Crippen LogP contribution in [0.4, 0.5) is 10.9 Å². The van der Waals surface area contributed by atoms with Crippen LogP contribution in [-0.2, 0) is 9.59 Å². The second-order valence-electron chi connectivity index (χ2n) is 11.3. The third-order valence-corrected chi connectivity index (χ3v) is 9.17. The Balaban J connectivity index is 1.48. The number of amides is 1. The molecule has 1 atom stereocenters. The highest BCUT2D eigenvalue weighted by Crippen LogP contribution is 2.50. The Kier molecular flexibility index (Phi) is 7.76. The molecule has 1 unspecified atom stereocenters. The summed E-state index contributed by atoms with van der Waals surface area (Å²) in [6.45, 7) is 10.1. The second kappa shape index (κ2) is 11.1. The number of ketones is 1. The van der Waals surface area contributed by atoms with Gasteiger partial charge in [0.15, 0.2) is 15.9 Å². The van der Waals surface area contributed by atoms with E-state index in [1.807, 2.05) is 24.3 Å². The number of aromatic nitrogens is 3. The summed E-state index contributed by atoms with van der Waals surface area (Å²) in [7, 11) is 0. The standard InChI is InChI=1S/C29H31N7O3S2/c1-15(2)17-6-8-18(9-7-17)24-19(13-30)26(31)36(20-11-29(4,5)12-21(37)25(20)24)27-33-34-28(41-27)40-14-23(38)32-22-10-16(3)39-35-22/h6-10,15,24H,11-12,14,31H2,1-5H3,(H,32,35,38). The van der Waals surface area contributed by atoms with Crippen molar-refractivity contribution in [1.82, 2.24) is 15.4 Å². The van der Waals surface area contributed by atoms with Crippen LogP contribution in [0, 0.1) is 23.7 Å². The first-order valence-corrected chi connectivity index (χ1v) is 15.0. The van der Waals surface area contributed by atoms with Crippen molar-refractivity contribution in [2.75, 3.05) is 16.0 Å². The number of carbonyl (C=O) groups excluding carboxylic acids is 2. The van der Waals surface area contributed by atoms with Crippen molar-refractivity contribution in [3.8, 4) is 6.07 Å². The quantitative estimate of drug-likeness (QED) is 0.332. The van der Waals surface area contributed by atoms with Crippen LogP contribution in [0.3, 0.4) is 0 Å². The summed E-state index contributed by atoms with van der Waals surface area (Å²) in [5.74, 6) is 0.804. The molecule has 0 fully saturated rings. The first-order chi connectivity index (χ1) is 19.5. The number of nitrogens with zero attached hydrogens (tertiary/aromatic N) is 5. The van der Waals surface area contributed by atoms with Gasteiger partial charge >= 0.3 is 0 Å². The minimum absolute atomic E-state index is 0.00156. The molecule has 0 spiro atoms. The lowest BCUT2D eigenvalue weighted by molar-refractivity contribution is -0.118. The van der Waals surface area contributed by atoms with Gasteiger partial charge in [-0.2, -0.15) is 5.26 Å². The number of rotatable bonds is 7. The SMILES string of the molecule is Cc1cc(NC(=O)CSc2nnc(N3C(N)=C(C#N)C(c4ccc(C(C)C)cc4)C4=C3CC(C)(C)CC4=O)s2)no1. The van der Waals surface area contributed by atoms with E-state index in [0.29, 0.717) is 51.0 Å². The van der Waals surface area contributed by atoms with Crippen molar-refractivity contribution in [3.63, 3.8) is 0 Å². The molecule has 3 N–H and O–H groups in total. The lowest BCUT2D eigenvalue weighted by Gasteiger charge is -2.42. The molecule has 1 aliphatic heterocycles. The molecule has 0 radical (unpaired) electrons. The zero-order chi connectivity index (χ0) is 29.5. The number of nitrogens with one attached hydrogen (secondary N) is 1. The van der Waals surface area contributed by atoms with Crippen molar-refractivity contribution in [1.29, 1.82) is 5.26 Å². The van der Waals surface area contributed by atoms with E-state index in [-0.39, 0.29) is 28.7 Å². The number of nitrogens with two attached hydrogens (primary N) is 1. The van der Waals surface area contributed by atoms with Crippen molar-refractivity contribution < 1.29 is 14.1 Å². The molecule has 2 aromatic heterocycles. The van der Waals surface area contributed by atoms with Crippen molar-refractivity contribution in [2.24, 2.45) is 11.1 Å². The van der Waals surface area contributed by atoms with E-state index >= 15 is 0 Å². The molecule has 0 saturated carbocycles. The summed E-state index contributed by atoms with van der Waals surface area (Å²) >= 11 is 2.47. The van der Waals surface area contributed by atoms with E-state index in [1.165, 1.54) is 28.7 Å². The molecule has 12 heteroatoms. The first-order valence-electron chi connectivity index (χ1n) is 13.2. The van der Waals surface area contributed by atoms with Gasteiger partial charge in [0.1, 0.15) is 11.6 Å². The average molecular weight is 590 g/mol. The normalized spacial score (nSPS) is 18.5. The number of thioether (sulfide) groups is 1. The van der Waals surface area contributed by atoms with Gasteiger partial charge in [-0.3, -0.25) is 14.5 Å². The summed E-state index contributed by atoms with van der Waals surface area (Å²) < 4.78 is 5.53. The van der Waals surface area contributed by atoms with Gasteiger partial charge in [-0.15, -0.1) is 10.2 Å². The van der Waals surface area contributed by atoms with Gasteiger partial charge in [0.25, 0.3) is 0 Å². The predicted molar refractivity (Wildman–Crippen MR) is 158 cm³/mol. The average Bonchev–Trinajstić information content (AvgIpc) is 3.54. The number of hydrogen-bond acceptors (Lipinski definition) is 11. The summed E-state index contributed by atoms with van der Waals surface area (Å²) in [5, 5.41) is 25.8. The Bertz CT molecular complexity index is 1610. The third kappa shape index (κ3) is 5.78. The van der Waals surface area contributed by atoms with Crippen LogP contribution >= 0.6 is 23.1 Å². The van der Waals surface area contributed by atoms with Crippen LogP contribution in [0.2, 0.25) is 0 Å². The van der Waals surface area contributed by atoms with Crippen LogP contribution in [0.5, 0.6) is 0 Å². The molecule has 1 aromatic carbocycles. The van der Waals surface area contributed by atoms with E-state index in [1.54, 1.807) is 17.9 Å². The second-order valence-corrected chi connectivity index (χ2v) is 13.5. The summed E-state index contributed by atoms with van der Waals surface area (Å²) in [4.78, 5) is 27.8. The van der Waals surface area contributed by atoms with Crippen LogP contribution in [-0.4, -0.2) is 32.8 Å². The fourth-order valence-corrected chi connectivity index (χ4v) is 6.90. The number of allylic oxidation sites excluding steroid dienone is 3. The predicted octanol–water partition coefficient (Wildman–Crippen LogP) is 5.63. The van der Waals surface area contributed by atoms with Crippen LogP contribution in [0.25, 0.3) is 0 Å². The number of aryl methyl sites for hydroxylation is 1. The minimum atomic E-state index is -0.554. The smallest absolute Gasteiger partial charge is 0.236 e. The van der Waals surface area contributed by atoms with Gasteiger partial charge in [-0.25, -0.2) is 0 Å². The van der Waals surface area contributed by atoms with Gasteiger partial charge < -0.3 is 15.6 Å². The summed E-state index contributed by atoms with van der Waals surface area (Å²) in [6.07, 6.45) is 0.950. The van der Waals surface area contributed by atoms with Gasteiger partial charge in [0.05, 0.1) is 23.3 Å². The monoisotopic (exact) mass is 589 g/mol. The maximum Gasteiger partial charge on any atom is 0.236 e. The molecule has 2 aliphatic rings. The molecular formula is C29H31N7O3S2. The van der Waals surface area contributed by atoms with Gasteiger partial charge in [-0.1, -0.05) is 80.2 Å². The summed E-state index contributed by atoms with van der Waals surface area (Å²) in [6, 6.07) is 12.0. The molecule has 5 rings (SSSR count). The first kappa shape index (κ1) is 28.6. The Labute approximate surface area is 246 Å². The number of Topliss-reactive ketones (excluding diaryl/α,β-unsaturated/α-hetero) is 1. The molecule has 3 heterocycles. The molecule has 0 saturated heterocycles. The van der Waals surface area contributed by atoms with Crippen molar-refractivity contribution in [2.45, 2.75) is 63.6 Å². The number of anilines is 2. The third-order valence-electron chi connectivity index (χ3n) is 7.13.